The van der Waals surface area contributed by atoms with Crippen LogP contribution in [0.1, 0.15) is 10.4 Å². The lowest BCUT2D eigenvalue weighted by atomic mass is 10.2. The van der Waals surface area contributed by atoms with Crippen molar-refractivity contribution in [1.82, 2.24) is 10.0 Å². The predicted octanol–water partition coefficient (Wildman–Crippen LogP) is 0.460. The molecule has 0 atom stereocenters. The molecule has 0 aliphatic rings. The van der Waals surface area contributed by atoms with E-state index in [9.17, 15) is 22.8 Å². The van der Waals surface area contributed by atoms with Crippen LogP contribution in [-0.2, 0) is 19.6 Å². The van der Waals surface area contributed by atoms with Crippen molar-refractivity contribution < 1.29 is 27.9 Å². The number of benzene rings is 2. The van der Waals surface area contributed by atoms with Gasteiger partial charge in [0.25, 0.3) is 5.91 Å². The molecule has 29 heavy (non-hydrogen) atoms. The molecule has 2 aromatic carbocycles. The van der Waals surface area contributed by atoms with Gasteiger partial charge in [-0.2, -0.15) is 4.72 Å². The smallest absolute Gasteiger partial charge is 0.318 e. The number of nitrogens with one attached hydrogen (secondary N) is 4. The zero-order chi connectivity index (χ0) is 21.4. The fourth-order valence-electron chi connectivity index (χ4n) is 2.24. The van der Waals surface area contributed by atoms with E-state index in [1.54, 1.807) is 31.3 Å². The average molecular weight is 420 g/mol. The highest BCUT2D eigenvalue weighted by atomic mass is 32.2. The average Bonchev–Trinajstić information content (AvgIpc) is 2.71. The summed E-state index contributed by atoms with van der Waals surface area (Å²) >= 11 is 0. The Balaban J connectivity index is 1.95. The van der Waals surface area contributed by atoms with Crippen LogP contribution >= 0.6 is 0 Å². The van der Waals surface area contributed by atoms with Crippen molar-refractivity contribution >= 4 is 39.2 Å². The highest BCUT2D eigenvalue weighted by Crippen LogP contribution is 2.15. The highest BCUT2D eigenvalue weighted by Gasteiger charge is 2.16. The van der Waals surface area contributed by atoms with Crippen LogP contribution in [0.25, 0.3) is 0 Å². The minimum atomic E-state index is -4.04. The molecular formula is C18H20N4O6S. The predicted molar refractivity (Wildman–Crippen MR) is 106 cm³/mol. The number of carbonyl (C=O) groups is 3. The fraction of sp³-hybridized carbons (Fsp3) is 0.167. The molecule has 0 saturated carbocycles. The number of rotatable bonds is 9. The summed E-state index contributed by atoms with van der Waals surface area (Å²) in [4.78, 5) is 34.4. The van der Waals surface area contributed by atoms with E-state index in [1.165, 1.54) is 24.3 Å². The van der Waals surface area contributed by atoms with Crippen LogP contribution < -0.4 is 20.7 Å². The number of carboxylic acid groups (broad SMARTS) is 1. The van der Waals surface area contributed by atoms with Crippen molar-refractivity contribution in [2.45, 2.75) is 4.90 Å². The minimum absolute atomic E-state index is 0.181. The van der Waals surface area contributed by atoms with Crippen molar-refractivity contribution in [3.63, 3.8) is 0 Å². The van der Waals surface area contributed by atoms with Crippen molar-refractivity contribution in [2.24, 2.45) is 0 Å². The SMILES string of the molecule is CNc1ccc(C(=O)NCC(=O)Nc2cccc(S(=O)(=O)NCC(=O)O)c2)cc1. The molecule has 11 heteroatoms. The van der Waals surface area contributed by atoms with Gasteiger partial charge in [-0.05, 0) is 42.5 Å². The number of carboxylic acids is 1. The normalized spacial score (nSPS) is 10.8. The first-order valence-corrected chi connectivity index (χ1v) is 9.87. The highest BCUT2D eigenvalue weighted by molar-refractivity contribution is 7.89. The first-order valence-electron chi connectivity index (χ1n) is 8.38. The molecule has 0 radical (unpaired) electrons. The maximum atomic E-state index is 12.1. The first kappa shape index (κ1) is 21.9. The lowest BCUT2D eigenvalue weighted by Gasteiger charge is -2.09. The Morgan fingerprint density at radius 1 is 0.966 bits per heavy atom. The Bertz CT molecular complexity index is 1010. The maximum absolute atomic E-state index is 12.1. The first-order chi connectivity index (χ1) is 13.7. The van der Waals surface area contributed by atoms with Gasteiger partial charge >= 0.3 is 5.97 Å². The Hall–Kier alpha value is -3.44. The van der Waals surface area contributed by atoms with E-state index in [-0.39, 0.29) is 17.1 Å². The van der Waals surface area contributed by atoms with E-state index in [0.717, 1.165) is 5.69 Å². The van der Waals surface area contributed by atoms with Crippen LogP contribution in [-0.4, -0.2) is 51.4 Å². The van der Waals surface area contributed by atoms with Gasteiger partial charge in [0.1, 0.15) is 6.54 Å². The standard InChI is InChI=1S/C18H20N4O6S/c1-19-13-7-5-12(6-8-13)18(26)20-10-16(23)22-14-3-2-4-15(9-14)29(27,28)21-11-17(24)25/h2-9,19,21H,10-11H2,1H3,(H,20,26)(H,22,23)(H,24,25). The Morgan fingerprint density at radius 3 is 2.28 bits per heavy atom. The van der Waals surface area contributed by atoms with Crippen molar-refractivity contribution in [3.8, 4) is 0 Å². The number of hydrogen-bond donors (Lipinski definition) is 5. The van der Waals surface area contributed by atoms with E-state index in [2.05, 4.69) is 16.0 Å². The van der Waals surface area contributed by atoms with E-state index in [4.69, 9.17) is 5.11 Å². The van der Waals surface area contributed by atoms with Crippen molar-refractivity contribution in [2.75, 3.05) is 30.8 Å². The molecule has 2 rings (SSSR count). The summed E-state index contributed by atoms with van der Waals surface area (Å²) < 4.78 is 26.0. The van der Waals surface area contributed by atoms with Crippen LogP contribution in [0.3, 0.4) is 0 Å². The van der Waals surface area contributed by atoms with Gasteiger partial charge in [-0.15, -0.1) is 0 Å². The van der Waals surface area contributed by atoms with Gasteiger partial charge in [0.2, 0.25) is 15.9 Å². The molecule has 2 aromatic rings. The fourth-order valence-corrected chi connectivity index (χ4v) is 3.26. The third-order valence-electron chi connectivity index (χ3n) is 3.69. The Labute approximate surface area is 167 Å². The molecule has 0 aliphatic heterocycles. The van der Waals surface area contributed by atoms with Crippen LogP contribution in [0, 0.1) is 0 Å². The lowest BCUT2D eigenvalue weighted by molar-refractivity contribution is -0.135. The van der Waals surface area contributed by atoms with Gasteiger partial charge in [-0.25, -0.2) is 8.42 Å². The lowest BCUT2D eigenvalue weighted by Crippen LogP contribution is -2.33. The number of hydrogen-bond acceptors (Lipinski definition) is 6. The zero-order valence-electron chi connectivity index (χ0n) is 15.4. The molecule has 0 aliphatic carbocycles. The quantitative estimate of drug-likeness (QED) is 0.395. The van der Waals surface area contributed by atoms with Gasteiger partial charge in [-0.3, -0.25) is 14.4 Å². The van der Waals surface area contributed by atoms with E-state index in [0.29, 0.717) is 5.56 Å². The molecule has 10 nitrogen and oxygen atoms in total. The van der Waals surface area contributed by atoms with E-state index in [1.807, 2.05) is 4.72 Å². The molecule has 0 aromatic heterocycles. The molecule has 5 N–H and O–H groups in total. The summed E-state index contributed by atoms with van der Waals surface area (Å²) in [7, 11) is -2.29. The van der Waals surface area contributed by atoms with Gasteiger partial charge in [0, 0.05) is 24.0 Å². The van der Waals surface area contributed by atoms with Gasteiger partial charge in [0.15, 0.2) is 0 Å². The summed E-state index contributed by atoms with van der Waals surface area (Å²) in [5, 5.41) is 16.5. The van der Waals surface area contributed by atoms with Gasteiger partial charge < -0.3 is 21.1 Å². The number of amides is 2. The number of anilines is 2. The molecule has 0 bridgehead atoms. The largest absolute Gasteiger partial charge is 0.480 e. The molecule has 2 amide bonds. The van der Waals surface area contributed by atoms with Crippen molar-refractivity contribution in [1.29, 1.82) is 0 Å². The second-order valence-corrected chi connectivity index (χ2v) is 7.57. The van der Waals surface area contributed by atoms with Gasteiger partial charge in [-0.1, -0.05) is 6.07 Å². The Kier molecular flexibility index (Phi) is 7.28. The summed E-state index contributed by atoms with van der Waals surface area (Å²) in [6.07, 6.45) is 0. The molecular weight excluding hydrogens is 400 g/mol. The van der Waals surface area contributed by atoms with E-state index < -0.39 is 34.4 Å². The van der Waals surface area contributed by atoms with Crippen LogP contribution in [0.2, 0.25) is 0 Å². The Morgan fingerprint density at radius 2 is 1.66 bits per heavy atom. The number of carbonyl (C=O) groups excluding carboxylic acids is 2. The topological polar surface area (TPSA) is 154 Å². The minimum Gasteiger partial charge on any atom is -0.480 e. The zero-order valence-corrected chi connectivity index (χ0v) is 16.2. The summed E-state index contributed by atoms with van der Waals surface area (Å²) in [6, 6.07) is 12.0. The second kappa shape index (κ2) is 9.66. The molecule has 0 heterocycles. The number of aliphatic carboxylic acids is 1. The van der Waals surface area contributed by atoms with Crippen LogP contribution in [0.4, 0.5) is 11.4 Å². The molecule has 0 spiro atoms. The second-order valence-electron chi connectivity index (χ2n) is 5.80. The summed E-state index contributed by atoms with van der Waals surface area (Å²) in [5.74, 6) is -2.32. The third kappa shape index (κ3) is 6.59. The van der Waals surface area contributed by atoms with Gasteiger partial charge in [0.05, 0.1) is 11.4 Å². The molecule has 0 unspecified atom stereocenters. The maximum Gasteiger partial charge on any atom is 0.318 e. The number of sulfonamides is 1. The molecule has 0 saturated heterocycles. The summed E-state index contributed by atoms with van der Waals surface area (Å²) in [6.45, 7) is -1.08. The molecule has 154 valence electrons. The monoisotopic (exact) mass is 420 g/mol. The van der Waals surface area contributed by atoms with E-state index >= 15 is 0 Å². The van der Waals surface area contributed by atoms with Crippen LogP contribution in [0.5, 0.6) is 0 Å². The van der Waals surface area contributed by atoms with Crippen LogP contribution in [0.15, 0.2) is 53.4 Å². The summed E-state index contributed by atoms with van der Waals surface area (Å²) in [5.41, 5.74) is 1.40. The van der Waals surface area contributed by atoms with Crippen molar-refractivity contribution in [3.05, 3.63) is 54.1 Å². The molecule has 0 fully saturated rings. The third-order valence-corrected chi connectivity index (χ3v) is 5.09.